The minimum Gasteiger partial charge on any atom is -0.362 e. The molecule has 12 nitrogen and oxygen atoms in total. The number of fused-ring (bicyclic) bond motifs is 6. The first-order valence-electron chi connectivity index (χ1n) is 30.6. The van der Waals surface area contributed by atoms with Gasteiger partial charge in [0.15, 0.2) is 17.5 Å². The van der Waals surface area contributed by atoms with Crippen molar-refractivity contribution in [2.75, 3.05) is 39.3 Å². The van der Waals surface area contributed by atoms with Crippen molar-refractivity contribution in [2.24, 2.45) is 13.2 Å². The molecule has 15 rings (SSSR count). The molecule has 6 aromatic carbocycles. The third-order valence-electron chi connectivity index (χ3n) is 19.3. The lowest BCUT2D eigenvalue weighted by Gasteiger charge is -2.47. The Bertz CT molecular complexity index is 3750. The number of benzene rings is 6. The third-order valence-corrected chi connectivity index (χ3v) is 24.2. The molecule has 3 fully saturated rings. The summed E-state index contributed by atoms with van der Waals surface area (Å²) >= 11 is 40.5. The molecule has 3 spiro atoms. The van der Waals surface area contributed by atoms with Gasteiger partial charge in [0.2, 0.25) is 17.7 Å². The summed E-state index contributed by atoms with van der Waals surface area (Å²) in [6.07, 6.45) is 3.59. The lowest BCUT2D eigenvalue weighted by Crippen LogP contribution is -2.61. The highest BCUT2D eigenvalue weighted by Crippen LogP contribution is 2.53. The molecule has 9 heterocycles. The minimum atomic E-state index is -0.595. The summed E-state index contributed by atoms with van der Waals surface area (Å²) in [7, 11) is 0. The number of hydrogen-bond donors (Lipinski definition) is 0. The first-order chi connectivity index (χ1) is 44.2. The SMILES string of the molecule is CCC(=O)N1CC2(C1)OCc1cc(C3=NSC(C)(c4cc(Cl)c(F)c(Cl)c4)C3)ccc12.CCC(=O)N1CC2(C1)OCc1cc(C3=NS[C@@](C)(c4cc(Cl)c(F)c(Cl)c4)C3)ccc12.CCC(=O)N1CC2(C1)OCc1cc(C3=NS[C@](C)(c4cc(Cl)c(F)c(Cl)c4)C3)ccc12. The molecular formula is C69H63Cl6F3N6O6S3. The lowest BCUT2D eigenvalue weighted by molar-refractivity contribution is -0.168. The van der Waals surface area contributed by atoms with Crippen molar-refractivity contribution < 1.29 is 41.8 Å². The zero-order valence-corrected chi connectivity index (χ0v) is 58.5. The van der Waals surface area contributed by atoms with Gasteiger partial charge in [-0.15, -0.1) is 0 Å². The van der Waals surface area contributed by atoms with Crippen molar-refractivity contribution in [3.05, 3.63) is 205 Å². The van der Waals surface area contributed by atoms with Crippen LogP contribution in [0.25, 0.3) is 0 Å². The summed E-state index contributed by atoms with van der Waals surface area (Å²) in [6.45, 7) is 17.2. The van der Waals surface area contributed by atoms with Crippen LogP contribution < -0.4 is 0 Å². The van der Waals surface area contributed by atoms with Crippen LogP contribution in [0.1, 0.15) is 147 Å². The summed E-state index contributed by atoms with van der Waals surface area (Å²) in [6, 6.07) is 28.8. The van der Waals surface area contributed by atoms with Gasteiger partial charge < -0.3 is 28.9 Å². The van der Waals surface area contributed by atoms with E-state index in [1.165, 1.54) is 52.5 Å². The van der Waals surface area contributed by atoms with E-state index in [2.05, 4.69) is 75.4 Å². The number of likely N-dealkylation sites (tertiary alicyclic amines) is 3. The summed E-state index contributed by atoms with van der Waals surface area (Å²) in [4.78, 5) is 41.3. The number of amides is 3. The second kappa shape index (κ2) is 25.2. The van der Waals surface area contributed by atoms with Gasteiger partial charge in [0.25, 0.3) is 0 Å². The van der Waals surface area contributed by atoms with E-state index >= 15 is 0 Å². The third kappa shape index (κ3) is 12.0. The van der Waals surface area contributed by atoms with E-state index in [1.54, 1.807) is 36.4 Å². The van der Waals surface area contributed by atoms with E-state index in [-0.39, 0.29) is 78.9 Å². The van der Waals surface area contributed by atoms with Crippen LogP contribution in [-0.2, 0) is 79.5 Å². The zero-order chi connectivity index (χ0) is 65.9. The van der Waals surface area contributed by atoms with Crippen LogP contribution in [0.5, 0.6) is 0 Å². The number of carbonyl (C=O) groups is 3. The molecular weight excluding hydrogens is 1370 g/mol. The zero-order valence-electron chi connectivity index (χ0n) is 51.5. The number of halogens is 9. The molecule has 0 aromatic heterocycles. The second-order valence-corrected chi connectivity index (χ2v) is 31.9. The van der Waals surface area contributed by atoms with Gasteiger partial charge in [-0.05, 0) is 178 Å². The minimum absolute atomic E-state index is 0.0221. The first kappa shape index (κ1) is 66.8. The average molecular weight is 1440 g/mol. The molecule has 0 N–H and O–H groups in total. The topological polar surface area (TPSA) is 126 Å². The molecule has 0 aliphatic carbocycles. The molecule has 9 aliphatic rings. The summed E-state index contributed by atoms with van der Waals surface area (Å²) in [5.41, 5.74) is 14.5. The van der Waals surface area contributed by atoms with Gasteiger partial charge in [-0.25, -0.2) is 26.4 Å². The Kier molecular flexibility index (Phi) is 18.1. The van der Waals surface area contributed by atoms with E-state index < -0.39 is 17.5 Å². The van der Waals surface area contributed by atoms with Gasteiger partial charge in [0, 0.05) is 38.5 Å². The van der Waals surface area contributed by atoms with Crippen LogP contribution in [0.3, 0.4) is 0 Å². The Morgan fingerprint density at radius 3 is 0.882 bits per heavy atom. The van der Waals surface area contributed by atoms with E-state index in [9.17, 15) is 27.6 Å². The van der Waals surface area contributed by atoms with Gasteiger partial charge in [-0.3, -0.25) is 14.4 Å². The van der Waals surface area contributed by atoms with E-state index in [4.69, 9.17) is 97.0 Å². The fourth-order valence-corrected chi connectivity index (χ4v) is 17.9. The van der Waals surface area contributed by atoms with E-state index in [0.29, 0.717) is 97.6 Å². The molecule has 24 heteroatoms. The number of hydrogen-bond acceptors (Lipinski definition) is 12. The van der Waals surface area contributed by atoms with E-state index in [0.717, 1.165) is 67.2 Å². The van der Waals surface area contributed by atoms with Crippen molar-refractivity contribution in [3.63, 3.8) is 0 Å². The smallest absolute Gasteiger partial charge is 0.222 e. The molecule has 9 aliphatic heterocycles. The monoisotopic (exact) mass is 1430 g/mol. The summed E-state index contributed by atoms with van der Waals surface area (Å²) in [5.74, 6) is -1.29. The average Bonchev–Trinajstić information content (AvgIpc) is 1.73. The Morgan fingerprint density at radius 1 is 0.419 bits per heavy atom. The quantitative estimate of drug-likeness (QED) is 0.103. The van der Waals surface area contributed by atoms with Gasteiger partial charge >= 0.3 is 0 Å². The van der Waals surface area contributed by atoms with Gasteiger partial charge in [0.05, 0.1) is 121 Å². The molecule has 486 valence electrons. The molecule has 6 aromatic rings. The largest absolute Gasteiger partial charge is 0.362 e. The predicted octanol–water partition coefficient (Wildman–Crippen LogP) is 17.6. The van der Waals surface area contributed by atoms with Crippen molar-refractivity contribution in [1.29, 1.82) is 0 Å². The maximum atomic E-state index is 13.8. The molecule has 3 saturated heterocycles. The molecule has 1 unspecified atom stereocenters. The number of rotatable bonds is 9. The highest BCUT2D eigenvalue weighted by molar-refractivity contribution is 8.00. The molecule has 93 heavy (non-hydrogen) atoms. The standard InChI is InChI=1S/3C23H21Cl2FN2O2S/c3*1-3-20(29)28-11-23(12-28)16-5-4-13(6-14(16)10-30-23)19-9-22(2,31-27-19)15-7-17(24)21(26)18(25)8-15/h3*4-8H,3,9-12H2,1-2H3/t2*22-;/m10./s1. The number of nitrogens with zero attached hydrogens (tertiary/aromatic N) is 6. The van der Waals surface area contributed by atoms with Gasteiger partial charge in [0.1, 0.15) is 16.8 Å². The van der Waals surface area contributed by atoms with Crippen LogP contribution in [0, 0.1) is 17.5 Å². The Hall–Kier alpha value is -4.80. The summed E-state index contributed by atoms with van der Waals surface area (Å²) in [5, 5.41) is 0.132. The van der Waals surface area contributed by atoms with Crippen LogP contribution >= 0.6 is 105 Å². The molecule has 0 bridgehead atoms. The lowest BCUT2D eigenvalue weighted by atomic mass is 9.83. The van der Waals surface area contributed by atoms with Crippen molar-refractivity contribution in [1.82, 2.24) is 14.7 Å². The molecule has 0 radical (unpaired) electrons. The Balaban J connectivity index is 0.000000127. The van der Waals surface area contributed by atoms with Crippen molar-refractivity contribution in [2.45, 2.75) is 131 Å². The maximum Gasteiger partial charge on any atom is 0.222 e. The van der Waals surface area contributed by atoms with Crippen LogP contribution in [0.15, 0.2) is 104 Å². The van der Waals surface area contributed by atoms with Crippen molar-refractivity contribution in [3.8, 4) is 0 Å². The predicted molar refractivity (Wildman–Crippen MR) is 367 cm³/mol. The second-order valence-electron chi connectivity index (χ2n) is 25.6. The van der Waals surface area contributed by atoms with E-state index in [1.807, 2.05) is 35.5 Å². The van der Waals surface area contributed by atoms with Gasteiger partial charge in [-0.2, -0.15) is 0 Å². The molecule has 3 atom stereocenters. The Morgan fingerprint density at radius 2 is 0.656 bits per heavy atom. The number of ether oxygens (including phenoxy) is 3. The van der Waals surface area contributed by atoms with Crippen molar-refractivity contribution >= 4 is 140 Å². The van der Waals surface area contributed by atoms with Crippen LogP contribution in [0.2, 0.25) is 30.1 Å². The first-order valence-corrected chi connectivity index (χ1v) is 35.2. The van der Waals surface area contributed by atoms with Crippen LogP contribution in [0.4, 0.5) is 13.2 Å². The maximum absolute atomic E-state index is 13.8. The molecule has 0 saturated carbocycles. The molecule has 3 amide bonds. The fourth-order valence-electron chi connectivity index (χ4n) is 13.7. The normalized spacial score (nSPS) is 23.6. The van der Waals surface area contributed by atoms with Crippen LogP contribution in [-0.4, -0.2) is 88.8 Å². The fraction of sp³-hybridized carbons (Fsp3) is 0.391. The highest BCUT2D eigenvalue weighted by atomic mass is 35.5. The number of carbonyl (C=O) groups excluding carboxylic acids is 3. The Labute approximate surface area is 581 Å². The summed E-state index contributed by atoms with van der Waals surface area (Å²) < 4.78 is 73.0. The van der Waals surface area contributed by atoms with Gasteiger partial charge in [-0.1, -0.05) is 127 Å². The highest BCUT2D eigenvalue weighted by Gasteiger charge is 2.54.